The lowest BCUT2D eigenvalue weighted by atomic mass is 10.0. The van der Waals surface area contributed by atoms with Gasteiger partial charge in [-0.2, -0.15) is 0 Å². The number of hydrogen-bond acceptors (Lipinski definition) is 0. The predicted molar refractivity (Wildman–Crippen MR) is 97.2 cm³/mol. The molecule has 0 amide bonds. The topological polar surface area (TPSA) is 0 Å². The molecule has 0 aromatic heterocycles. The van der Waals surface area contributed by atoms with Gasteiger partial charge in [0.05, 0.1) is 0 Å². The maximum Gasteiger partial charge on any atom is 0.0256 e. The summed E-state index contributed by atoms with van der Waals surface area (Å²) in [7, 11) is 0.835. The summed E-state index contributed by atoms with van der Waals surface area (Å²) >= 11 is 3.77. The van der Waals surface area contributed by atoms with Crippen molar-refractivity contribution in [2.45, 2.75) is 19.0 Å². The van der Waals surface area contributed by atoms with Gasteiger partial charge in [0.1, 0.15) is 0 Å². The van der Waals surface area contributed by atoms with Gasteiger partial charge in [0.2, 0.25) is 0 Å². The van der Waals surface area contributed by atoms with Gasteiger partial charge in [0, 0.05) is 4.47 Å². The highest BCUT2D eigenvalue weighted by Crippen LogP contribution is 2.38. The lowest BCUT2D eigenvalue weighted by Crippen LogP contribution is -1.94. The first-order chi connectivity index (χ1) is 10.3. The summed E-state index contributed by atoms with van der Waals surface area (Å²) in [4.78, 5) is 0. The van der Waals surface area contributed by atoms with Crippen molar-refractivity contribution in [2.24, 2.45) is 0 Å². The molecule has 0 spiro atoms. The van der Waals surface area contributed by atoms with Gasteiger partial charge < -0.3 is 0 Å². The van der Waals surface area contributed by atoms with Gasteiger partial charge in [-0.15, -0.1) is 0 Å². The highest BCUT2D eigenvalue weighted by molar-refractivity contribution is 9.10. The normalized spacial score (nSPS) is 13.6. The highest BCUT2D eigenvalue weighted by atomic mass is 79.9. The molecule has 0 aliphatic heterocycles. The largest absolute Gasteiger partial charge is 0.0859 e. The Morgan fingerprint density at radius 2 is 1.52 bits per heavy atom. The number of aryl methyl sites for hydroxylation is 2. The first-order valence-electron chi connectivity index (χ1n) is 7.34. The summed E-state index contributed by atoms with van der Waals surface area (Å²) in [6.45, 7) is 0. The van der Waals surface area contributed by atoms with Crippen molar-refractivity contribution in [3.63, 3.8) is 0 Å². The molecule has 21 heavy (non-hydrogen) atoms. The molecule has 1 aliphatic carbocycles. The van der Waals surface area contributed by atoms with Crippen LogP contribution in [-0.4, -0.2) is 0 Å². The highest BCUT2D eigenvalue weighted by Gasteiger charge is 2.17. The van der Waals surface area contributed by atoms with Crippen molar-refractivity contribution in [1.29, 1.82) is 0 Å². The zero-order chi connectivity index (χ0) is 14.2. The first-order valence-corrected chi connectivity index (χ1v) is 9.34. The summed E-state index contributed by atoms with van der Waals surface area (Å²) in [5.74, 6) is 0. The third-order valence-electron chi connectivity index (χ3n) is 4.29. The van der Waals surface area contributed by atoms with E-state index in [0.717, 1.165) is 14.7 Å². The van der Waals surface area contributed by atoms with E-state index in [-0.39, 0.29) is 0 Å². The van der Waals surface area contributed by atoms with E-state index >= 15 is 0 Å². The van der Waals surface area contributed by atoms with Gasteiger partial charge >= 0.3 is 0 Å². The minimum atomic E-state index is 0.835. The van der Waals surface area contributed by atoms with Crippen LogP contribution in [0.25, 0.3) is 10.8 Å². The molecule has 0 nitrogen and oxygen atoms in total. The van der Waals surface area contributed by atoms with Crippen LogP contribution < -0.4 is 5.30 Å². The smallest absolute Gasteiger partial charge is 0.0256 e. The second-order valence-electron chi connectivity index (χ2n) is 5.56. The van der Waals surface area contributed by atoms with Gasteiger partial charge in [-0.1, -0.05) is 73.0 Å². The molecule has 2 heteroatoms. The molecule has 0 radical (unpaired) electrons. The van der Waals surface area contributed by atoms with Crippen LogP contribution in [0.15, 0.2) is 59.1 Å². The van der Waals surface area contributed by atoms with Crippen LogP contribution in [0.2, 0.25) is 0 Å². The fourth-order valence-corrected chi connectivity index (χ4v) is 4.96. The third kappa shape index (κ3) is 2.43. The van der Waals surface area contributed by atoms with Gasteiger partial charge in [-0.05, 0) is 57.8 Å². The second kappa shape index (κ2) is 5.55. The summed E-state index contributed by atoms with van der Waals surface area (Å²) < 4.78 is 1.25. The van der Waals surface area contributed by atoms with Crippen molar-refractivity contribution in [1.82, 2.24) is 0 Å². The molecule has 0 saturated heterocycles. The molecule has 0 fully saturated rings. The fraction of sp³-hybridized carbons (Fsp3) is 0.158. The van der Waals surface area contributed by atoms with Crippen LogP contribution in [0.1, 0.15) is 16.7 Å². The standard InChI is InChI=1S/C19H16BrP/c20-17-11-10-14-7-6-13-8-9-15(19(17)18(13)14)12-21-16-4-2-1-3-5-16/h1-5,8-11,21H,6-7,12H2. The number of hydrogen-bond donors (Lipinski definition) is 0. The molecule has 3 aromatic rings. The van der Waals surface area contributed by atoms with E-state index in [2.05, 4.69) is 70.5 Å². The van der Waals surface area contributed by atoms with Gasteiger partial charge in [-0.3, -0.25) is 0 Å². The minimum Gasteiger partial charge on any atom is -0.0859 e. The predicted octanol–water partition coefficient (Wildman–Crippen LogP) is 5.20. The van der Waals surface area contributed by atoms with Gasteiger partial charge in [-0.25, -0.2) is 0 Å². The Bertz CT molecular complexity index is 798. The van der Waals surface area contributed by atoms with E-state index in [1.807, 2.05) is 0 Å². The average molecular weight is 355 g/mol. The van der Waals surface area contributed by atoms with E-state index in [9.17, 15) is 0 Å². The van der Waals surface area contributed by atoms with Crippen LogP contribution in [0.5, 0.6) is 0 Å². The zero-order valence-corrected chi connectivity index (χ0v) is 14.3. The van der Waals surface area contributed by atoms with Crippen molar-refractivity contribution in [2.75, 3.05) is 0 Å². The monoisotopic (exact) mass is 354 g/mol. The molecule has 0 saturated carbocycles. The Kier molecular flexibility index (Phi) is 3.57. The molecule has 4 rings (SSSR count). The van der Waals surface area contributed by atoms with Crippen molar-refractivity contribution in [3.8, 4) is 0 Å². The molecule has 0 bridgehead atoms. The average Bonchev–Trinajstić information content (AvgIpc) is 2.94. The van der Waals surface area contributed by atoms with E-state index in [1.165, 1.54) is 50.1 Å². The maximum atomic E-state index is 3.77. The van der Waals surface area contributed by atoms with E-state index in [1.54, 1.807) is 0 Å². The molecule has 1 atom stereocenters. The van der Waals surface area contributed by atoms with E-state index in [4.69, 9.17) is 0 Å². The van der Waals surface area contributed by atoms with E-state index < -0.39 is 0 Å². The van der Waals surface area contributed by atoms with Crippen LogP contribution in [0, 0.1) is 0 Å². The van der Waals surface area contributed by atoms with Crippen LogP contribution >= 0.6 is 24.5 Å². The summed E-state index contributed by atoms with van der Waals surface area (Å²) in [6.07, 6.45) is 3.52. The fourth-order valence-electron chi connectivity index (χ4n) is 3.26. The Balaban J connectivity index is 1.76. The molecule has 104 valence electrons. The van der Waals surface area contributed by atoms with Crippen molar-refractivity contribution in [3.05, 3.63) is 75.8 Å². The SMILES string of the molecule is Brc1ccc2c3c(ccc(CPc4ccccc4)c13)CC2. The third-order valence-corrected chi connectivity index (χ3v) is 6.25. The summed E-state index contributed by atoms with van der Waals surface area (Å²) in [5.41, 5.74) is 4.52. The molecule has 0 heterocycles. The Hall–Kier alpha value is -1.17. The molecule has 3 aromatic carbocycles. The van der Waals surface area contributed by atoms with Gasteiger partial charge in [0.25, 0.3) is 0 Å². The number of benzene rings is 3. The van der Waals surface area contributed by atoms with Crippen LogP contribution in [0.4, 0.5) is 0 Å². The van der Waals surface area contributed by atoms with Crippen molar-refractivity contribution < 1.29 is 0 Å². The van der Waals surface area contributed by atoms with Crippen LogP contribution in [0.3, 0.4) is 0 Å². The number of halogens is 1. The molecular formula is C19H16BrP. The molecule has 0 N–H and O–H groups in total. The lowest BCUT2D eigenvalue weighted by Gasteiger charge is -2.11. The van der Waals surface area contributed by atoms with Gasteiger partial charge in [0.15, 0.2) is 0 Å². The number of rotatable bonds is 3. The molecular weight excluding hydrogens is 339 g/mol. The first kappa shape index (κ1) is 13.5. The van der Waals surface area contributed by atoms with Crippen LogP contribution in [-0.2, 0) is 19.0 Å². The minimum absolute atomic E-state index is 0.835. The quantitative estimate of drug-likeness (QED) is 0.566. The Morgan fingerprint density at radius 3 is 2.29 bits per heavy atom. The molecule has 1 aliphatic rings. The maximum absolute atomic E-state index is 3.77. The Labute approximate surface area is 135 Å². The second-order valence-corrected chi connectivity index (χ2v) is 7.70. The summed E-state index contributed by atoms with van der Waals surface area (Å²) in [6, 6.07) is 20.0. The lowest BCUT2D eigenvalue weighted by molar-refractivity contribution is 1.02. The van der Waals surface area contributed by atoms with E-state index in [0.29, 0.717) is 0 Å². The summed E-state index contributed by atoms with van der Waals surface area (Å²) in [5, 5.41) is 4.41. The van der Waals surface area contributed by atoms with Crippen molar-refractivity contribution >= 4 is 40.6 Å². The Morgan fingerprint density at radius 1 is 0.810 bits per heavy atom. The zero-order valence-electron chi connectivity index (χ0n) is 11.7. The molecule has 1 unspecified atom stereocenters.